The number of nitrogens with one attached hydrogen (secondary N) is 1. The Kier molecular flexibility index (Phi) is 6.03. The predicted octanol–water partition coefficient (Wildman–Crippen LogP) is 4.24. The van der Waals surface area contributed by atoms with Crippen LogP contribution in [0.1, 0.15) is 25.3 Å². The zero-order valence-corrected chi connectivity index (χ0v) is 17.1. The van der Waals surface area contributed by atoms with Gasteiger partial charge in [-0.25, -0.2) is 0 Å². The first kappa shape index (κ1) is 19.4. The van der Waals surface area contributed by atoms with E-state index < -0.39 is 0 Å². The van der Waals surface area contributed by atoms with E-state index in [2.05, 4.69) is 40.3 Å². The lowest BCUT2D eigenvalue weighted by molar-refractivity contribution is -0.131. The van der Waals surface area contributed by atoms with Crippen LogP contribution in [0.25, 0.3) is 10.9 Å². The molecule has 5 nitrogen and oxygen atoms in total. The van der Waals surface area contributed by atoms with Gasteiger partial charge in [-0.15, -0.1) is 0 Å². The van der Waals surface area contributed by atoms with Gasteiger partial charge in [0.15, 0.2) is 0 Å². The standard InChI is InChI=1S/C24H29N3O2/c1-2-29-23-12-6-5-11-22(23)26-14-16-27(17-15-26)24(28)13-7-8-19-18-25-21-10-4-3-9-20(19)21/h3-6,9-12,18,25H,2,7-8,13-17H2,1H3. The SMILES string of the molecule is CCOc1ccccc1N1CCN(C(=O)CCCc2c[nH]c3ccccc23)CC1. The summed E-state index contributed by atoms with van der Waals surface area (Å²) < 4.78 is 5.76. The van der Waals surface area contributed by atoms with Crippen molar-refractivity contribution in [2.75, 3.05) is 37.7 Å². The Morgan fingerprint density at radius 3 is 2.62 bits per heavy atom. The van der Waals surface area contributed by atoms with E-state index in [0.29, 0.717) is 13.0 Å². The molecule has 2 heterocycles. The molecule has 0 radical (unpaired) electrons. The molecule has 1 aliphatic heterocycles. The topological polar surface area (TPSA) is 48.6 Å². The van der Waals surface area contributed by atoms with E-state index in [1.807, 2.05) is 36.1 Å². The van der Waals surface area contributed by atoms with Crippen LogP contribution in [0.15, 0.2) is 54.7 Å². The number of amides is 1. The van der Waals surface area contributed by atoms with Gasteiger partial charge in [0.25, 0.3) is 0 Å². The Labute approximate surface area is 172 Å². The number of aromatic nitrogens is 1. The number of carbonyl (C=O) groups is 1. The van der Waals surface area contributed by atoms with Gasteiger partial charge in [-0.2, -0.15) is 0 Å². The third kappa shape index (κ3) is 4.39. The minimum Gasteiger partial charge on any atom is -0.492 e. The second kappa shape index (κ2) is 9.03. The molecule has 3 aromatic rings. The number of piperazine rings is 1. The summed E-state index contributed by atoms with van der Waals surface area (Å²) >= 11 is 0. The molecule has 1 amide bonds. The van der Waals surface area contributed by atoms with Crippen LogP contribution in [-0.4, -0.2) is 48.6 Å². The molecule has 0 unspecified atom stereocenters. The minimum atomic E-state index is 0.266. The smallest absolute Gasteiger partial charge is 0.222 e. The quantitative estimate of drug-likeness (QED) is 0.655. The molecule has 0 saturated carbocycles. The fourth-order valence-electron chi connectivity index (χ4n) is 4.12. The van der Waals surface area contributed by atoms with Crippen LogP contribution < -0.4 is 9.64 Å². The van der Waals surface area contributed by atoms with Crippen molar-refractivity contribution in [3.63, 3.8) is 0 Å². The van der Waals surface area contributed by atoms with E-state index in [1.165, 1.54) is 10.9 Å². The fourth-order valence-corrected chi connectivity index (χ4v) is 4.12. The highest BCUT2D eigenvalue weighted by molar-refractivity contribution is 5.83. The van der Waals surface area contributed by atoms with E-state index in [9.17, 15) is 4.79 Å². The maximum Gasteiger partial charge on any atom is 0.222 e. The Morgan fingerprint density at radius 1 is 1.03 bits per heavy atom. The normalized spacial score (nSPS) is 14.4. The number of para-hydroxylation sites is 3. The highest BCUT2D eigenvalue weighted by Gasteiger charge is 2.22. The van der Waals surface area contributed by atoms with Crippen LogP contribution in [0.3, 0.4) is 0 Å². The highest BCUT2D eigenvalue weighted by Crippen LogP contribution is 2.29. The number of anilines is 1. The van der Waals surface area contributed by atoms with Gasteiger partial charge in [0.1, 0.15) is 5.75 Å². The lowest BCUT2D eigenvalue weighted by atomic mass is 10.1. The summed E-state index contributed by atoms with van der Waals surface area (Å²) in [5.74, 6) is 1.19. The molecule has 1 aromatic heterocycles. The molecule has 152 valence electrons. The minimum absolute atomic E-state index is 0.266. The molecular formula is C24H29N3O2. The second-order valence-corrected chi connectivity index (χ2v) is 7.48. The van der Waals surface area contributed by atoms with Gasteiger partial charge in [0, 0.05) is 49.7 Å². The number of benzene rings is 2. The number of ether oxygens (including phenoxy) is 1. The molecule has 1 aliphatic rings. The van der Waals surface area contributed by atoms with E-state index in [4.69, 9.17) is 4.74 Å². The van der Waals surface area contributed by atoms with Crippen molar-refractivity contribution < 1.29 is 9.53 Å². The van der Waals surface area contributed by atoms with Crippen LogP contribution in [0.4, 0.5) is 5.69 Å². The van der Waals surface area contributed by atoms with Gasteiger partial charge in [-0.3, -0.25) is 4.79 Å². The molecule has 0 atom stereocenters. The van der Waals surface area contributed by atoms with Gasteiger partial charge >= 0.3 is 0 Å². The lowest BCUT2D eigenvalue weighted by Gasteiger charge is -2.36. The molecule has 1 saturated heterocycles. The van der Waals surface area contributed by atoms with Gasteiger partial charge < -0.3 is 19.5 Å². The first-order chi connectivity index (χ1) is 14.3. The zero-order chi connectivity index (χ0) is 20.1. The molecule has 1 fully saturated rings. The monoisotopic (exact) mass is 391 g/mol. The number of aryl methyl sites for hydroxylation is 1. The Hall–Kier alpha value is -2.95. The largest absolute Gasteiger partial charge is 0.492 e. The van der Waals surface area contributed by atoms with Gasteiger partial charge in [-0.1, -0.05) is 30.3 Å². The Morgan fingerprint density at radius 2 is 1.79 bits per heavy atom. The van der Waals surface area contributed by atoms with Crippen molar-refractivity contribution in [2.24, 2.45) is 0 Å². The number of fused-ring (bicyclic) bond motifs is 1. The summed E-state index contributed by atoms with van der Waals surface area (Å²) in [6.07, 6.45) is 4.49. The molecule has 0 bridgehead atoms. The average molecular weight is 392 g/mol. The first-order valence-electron chi connectivity index (χ1n) is 10.6. The van der Waals surface area contributed by atoms with Crippen molar-refractivity contribution in [3.05, 3.63) is 60.3 Å². The first-order valence-corrected chi connectivity index (χ1v) is 10.6. The maximum absolute atomic E-state index is 12.7. The number of H-pyrrole nitrogens is 1. The van der Waals surface area contributed by atoms with Crippen molar-refractivity contribution in [1.29, 1.82) is 0 Å². The molecule has 29 heavy (non-hydrogen) atoms. The number of carbonyl (C=O) groups excluding carboxylic acids is 1. The number of rotatable bonds is 7. The number of hydrogen-bond acceptors (Lipinski definition) is 3. The maximum atomic E-state index is 12.7. The summed E-state index contributed by atoms with van der Waals surface area (Å²) in [4.78, 5) is 20.3. The second-order valence-electron chi connectivity index (χ2n) is 7.48. The lowest BCUT2D eigenvalue weighted by Crippen LogP contribution is -2.48. The number of aromatic amines is 1. The fraction of sp³-hybridized carbons (Fsp3) is 0.375. The van der Waals surface area contributed by atoms with Crippen molar-refractivity contribution in [1.82, 2.24) is 9.88 Å². The van der Waals surface area contributed by atoms with Gasteiger partial charge in [0.2, 0.25) is 5.91 Å². The summed E-state index contributed by atoms with van der Waals surface area (Å²) in [6.45, 7) is 5.89. The third-order valence-corrected chi connectivity index (χ3v) is 5.65. The zero-order valence-electron chi connectivity index (χ0n) is 17.1. The molecule has 4 rings (SSSR count). The average Bonchev–Trinajstić information content (AvgIpc) is 3.18. The van der Waals surface area contributed by atoms with Crippen LogP contribution in [0.5, 0.6) is 5.75 Å². The molecular weight excluding hydrogens is 362 g/mol. The third-order valence-electron chi connectivity index (χ3n) is 5.65. The summed E-state index contributed by atoms with van der Waals surface area (Å²) in [6, 6.07) is 16.5. The van der Waals surface area contributed by atoms with E-state index in [0.717, 1.165) is 56.0 Å². The highest BCUT2D eigenvalue weighted by atomic mass is 16.5. The van der Waals surface area contributed by atoms with Crippen LogP contribution >= 0.6 is 0 Å². The summed E-state index contributed by atoms with van der Waals surface area (Å²) in [5, 5.41) is 1.27. The van der Waals surface area contributed by atoms with Gasteiger partial charge in [-0.05, 0) is 43.5 Å². The van der Waals surface area contributed by atoms with E-state index >= 15 is 0 Å². The van der Waals surface area contributed by atoms with Crippen molar-refractivity contribution in [2.45, 2.75) is 26.2 Å². The molecule has 2 aromatic carbocycles. The van der Waals surface area contributed by atoms with Crippen LogP contribution in [-0.2, 0) is 11.2 Å². The van der Waals surface area contributed by atoms with E-state index in [-0.39, 0.29) is 5.91 Å². The Balaban J connectivity index is 1.27. The molecule has 1 N–H and O–H groups in total. The van der Waals surface area contributed by atoms with Crippen LogP contribution in [0, 0.1) is 0 Å². The number of hydrogen-bond donors (Lipinski definition) is 1. The van der Waals surface area contributed by atoms with Crippen molar-refractivity contribution in [3.8, 4) is 5.75 Å². The van der Waals surface area contributed by atoms with E-state index in [1.54, 1.807) is 0 Å². The number of nitrogens with zero attached hydrogens (tertiary/aromatic N) is 2. The molecule has 5 heteroatoms. The van der Waals surface area contributed by atoms with Crippen molar-refractivity contribution >= 4 is 22.5 Å². The molecule has 0 spiro atoms. The van der Waals surface area contributed by atoms with Gasteiger partial charge in [0.05, 0.1) is 12.3 Å². The van der Waals surface area contributed by atoms with Crippen LogP contribution in [0.2, 0.25) is 0 Å². The predicted molar refractivity (Wildman–Crippen MR) is 118 cm³/mol. The summed E-state index contributed by atoms with van der Waals surface area (Å²) in [7, 11) is 0. The summed E-state index contributed by atoms with van der Waals surface area (Å²) in [5.41, 5.74) is 3.59. The molecule has 0 aliphatic carbocycles. The Bertz CT molecular complexity index is 957.